The van der Waals surface area contributed by atoms with Crippen LogP contribution in [0.1, 0.15) is 25.1 Å². The highest BCUT2D eigenvalue weighted by atomic mass is 15.2. The molecule has 1 fully saturated rings. The van der Waals surface area contributed by atoms with Crippen molar-refractivity contribution >= 4 is 0 Å². The van der Waals surface area contributed by atoms with E-state index in [4.69, 9.17) is 0 Å². The maximum atomic E-state index is 3.96. The molecule has 4 nitrogen and oxygen atoms in total. The van der Waals surface area contributed by atoms with E-state index >= 15 is 0 Å². The third kappa shape index (κ3) is 2.13. The number of likely N-dealkylation sites (N-methyl/N-ethyl adjacent to an activating group) is 1. The Kier molecular flexibility index (Phi) is 2.84. The number of aromatic nitrogens is 2. The predicted molar refractivity (Wildman–Crippen MR) is 56.0 cm³/mol. The fourth-order valence-corrected chi connectivity index (χ4v) is 2.02. The van der Waals surface area contributed by atoms with Gasteiger partial charge in [-0.2, -0.15) is 5.10 Å². The van der Waals surface area contributed by atoms with Gasteiger partial charge in [-0.15, -0.1) is 0 Å². The zero-order valence-electron chi connectivity index (χ0n) is 8.83. The lowest BCUT2D eigenvalue weighted by molar-refractivity contribution is 0.385. The molecule has 1 aliphatic heterocycles. The zero-order chi connectivity index (χ0) is 9.97. The molecule has 0 radical (unpaired) electrons. The Hall–Kier alpha value is -0.870. The average Bonchev–Trinajstić information content (AvgIpc) is 2.75. The molecular formula is C10H18N4. The number of hydrogen-bond acceptors (Lipinski definition) is 3. The van der Waals surface area contributed by atoms with Gasteiger partial charge in [0.15, 0.2) is 0 Å². The summed E-state index contributed by atoms with van der Waals surface area (Å²) in [4.78, 5) is 2.36. The summed E-state index contributed by atoms with van der Waals surface area (Å²) in [6.45, 7) is 4.53. The molecule has 0 aliphatic carbocycles. The molecule has 2 unspecified atom stereocenters. The SMILES string of the molecule is CC(NC1CCN(C)C1)c1ccn[nH]1. The molecule has 2 heterocycles. The third-order valence-electron chi connectivity index (χ3n) is 2.87. The Balaban J connectivity index is 1.86. The fraction of sp³-hybridized carbons (Fsp3) is 0.700. The highest BCUT2D eigenvalue weighted by Crippen LogP contribution is 2.13. The first kappa shape index (κ1) is 9.68. The van der Waals surface area contributed by atoms with Gasteiger partial charge in [-0.25, -0.2) is 0 Å². The van der Waals surface area contributed by atoms with E-state index in [1.54, 1.807) is 6.20 Å². The van der Waals surface area contributed by atoms with Crippen molar-refractivity contribution in [1.29, 1.82) is 0 Å². The normalized spacial score (nSPS) is 25.4. The lowest BCUT2D eigenvalue weighted by Gasteiger charge is -2.18. The maximum Gasteiger partial charge on any atom is 0.0518 e. The summed E-state index contributed by atoms with van der Waals surface area (Å²) in [5.41, 5.74) is 1.17. The van der Waals surface area contributed by atoms with Crippen molar-refractivity contribution in [3.8, 4) is 0 Å². The number of likely N-dealkylation sites (tertiary alicyclic amines) is 1. The minimum Gasteiger partial charge on any atom is -0.305 e. The summed E-state index contributed by atoms with van der Waals surface area (Å²) < 4.78 is 0. The molecule has 1 aromatic heterocycles. The van der Waals surface area contributed by atoms with Crippen LogP contribution in [0.15, 0.2) is 12.3 Å². The van der Waals surface area contributed by atoms with Gasteiger partial charge in [0, 0.05) is 24.8 Å². The molecule has 4 heteroatoms. The first-order valence-electron chi connectivity index (χ1n) is 5.19. The second kappa shape index (κ2) is 4.11. The van der Waals surface area contributed by atoms with Gasteiger partial charge in [0.25, 0.3) is 0 Å². The van der Waals surface area contributed by atoms with Crippen LogP contribution in [0.4, 0.5) is 0 Å². The zero-order valence-corrected chi connectivity index (χ0v) is 8.83. The van der Waals surface area contributed by atoms with Gasteiger partial charge < -0.3 is 10.2 Å². The molecule has 2 N–H and O–H groups in total. The van der Waals surface area contributed by atoms with E-state index in [1.165, 1.54) is 18.7 Å². The molecule has 78 valence electrons. The van der Waals surface area contributed by atoms with Gasteiger partial charge in [-0.3, -0.25) is 5.10 Å². The average molecular weight is 194 g/mol. The molecular weight excluding hydrogens is 176 g/mol. The van der Waals surface area contributed by atoms with Gasteiger partial charge in [0.2, 0.25) is 0 Å². The Morgan fingerprint density at radius 3 is 3.14 bits per heavy atom. The third-order valence-corrected chi connectivity index (χ3v) is 2.87. The number of rotatable bonds is 3. The molecule has 0 amide bonds. The molecule has 0 saturated carbocycles. The topological polar surface area (TPSA) is 44.0 Å². The summed E-state index contributed by atoms with van der Waals surface area (Å²) in [5, 5.41) is 10.6. The fourth-order valence-electron chi connectivity index (χ4n) is 2.02. The lowest BCUT2D eigenvalue weighted by atomic mass is 10.2. The summed E-state index contributed by atoms with van der Waals surface area (Å²) in [5.74, 6) is 0. The largest absolute Gasteiger partial charge is 0.305 e. The minimum absolute atomic E-state index is 0.369. The highest BCUT2D eigenvalue weighted by molar-refractivity contribution is 5.03. The monoisotopic (exact) mass is 194 g/mol. The maximum absolute atomic E-state index is 3.96. The molecule has 1 saturated heterocycles. The Morgan fingerprint density at radius 2 is 2.57 bits per heavy atom. The van der Waals surface area contributed by atoms with Crippen molar-refractivity contribution < 1.29 is 0 Å². The van der Waals surface area contributed by atoms with Crippen LogP contribution in [0.5, 0.6) is 0 Å². The van der Waals surface area contributed by atoms with Crippen molar-refractivity contribution in [2.45, 2.75) is 25.4 Å². The smallest absolute Gasteiger partial charge is 0.0518 e. The number of H-pyrrole nitrogens is 1. The van der Waals surface area contributed by atoms with Crippen LogP contribution in [-0.4, -0.2) is 41.3 Å². The van der Waals surface area contributed by atoms with Gasteiger partial charge in [-0.05, 0) is 33.0 Å². The minimum atomic E-state index is 0.369. The van der Waals surface area contributed by atoms with Gasteiger partial charge in [0.05, 0.1) is 5.69 Å². The summed E-state index contributed by atoms with van der Waals surface area (Å²) >= 11 is 0. The Labute approximate surface area is 84.7 Å². The van der Waals surface area contributed by atoms with E-state index in [-0.39, 0.29) is 0 Å². The Morgan fingerprint density at radius 1 is 1.71 bits per heavy atom. The number of nitrogens with one attached hydrogen (secondary N) is 2. The quantitative estimate of drug-likeness (QED) is 0.747. The van der Waals surface area contributed by atoms with Crippen LogP contribution in [0, 0.1) is 0 Å². The van der Waals surface area contributed by atoms with Crippen molar-refractivity contribution in [3.63, 3.8) is 0 Å². The standard InChI is InChI=1S/C10H18N4/c1-8(10-3-5-11-13-10)12-9-4-6-14(2)7-9/h3,5,8-9,12H,4,6-7H2,1-2H3,(H,11,13). The van der Waals surface area contributed by atoms with Crippen molar-refractivity contribution in [3.05, 3.63) is 18.0 Å². The van der Waals surface area contributed by atoms with E-state index < -0.39 is 0 Å². The highest BCUT2D eigenvalue weighted by Gasteiger charge is 2.21. The van der Waals surface area contributed by atoms with Crippen molar-refractivity contribution in [2.24, 2.45) is 0 Å². The van der Waals surface area contributed by atoms with Gasteiger partial charge in [-0.1, -0.05) is 0 Å². The van der Waals surface area contributed by atoms with Gasteiger partial charge >= 0.3 is 0 Å². The number of aromatic amines is 1. The van der Waals surface area contributed by atoms with E-state index in [2.05, 4.69) is 34.4 Å². The summed E-state index contributed by atoms with van der Waals surface area (Å²) in [6.07, 6.45) is 3.04. The second-order valence-electron chi connectivity index (χ2n) is 4.15. The van der Waals surface area contributed by atoms with Crippen LogP contribution in [-0.2, 0) is 0 Å². The summed E-state index contributed by atoms with van der Waals surface area (Å²) in [6, 6.07) is 3.02. The van der Waals surface area contributed by atoms with Crippen molar-refractivity contribution in [1.82, 2.24) is 20.4 Å². The van der Waals surface area contributed by atoms with E-state index in [9.17, 15) is 0 Å². The predicted octanol–water partition coefficient (Wildman–Crippen LogP) is 0.764. The molecule has 2 rings (SSSR count). The second-order valence-corrected chi connectivity index (χ2v) is 4.15. The first-order chi connectivity index (χ1) is 6.75. The first-order valence-corrected chi connectivity index (χ1v) is 5.19. The molecule has 1 aliphatic rings. The molecule has 0 bridgehead atoms. The van der Waals surface area contributed by atoms with E-state index in [0.717, 1.165) is 6.54 Å². The van der Waals surface area contributed by atoms with Crippen LogP contribution >= 0.6 is 0 Å². The van der Waals surface area contributed by atoms with Gasteiger partial charge in [0.1, 0.15) is 0 Å². The molecule has 1 aromatic rings. The van der Waals surface area contributed by atoms with E-state index in [0.29, 0.717) is 12.1 Å². The van der Waals surface area contributed by atoms with Crippen LogP contribution < -0.4 is 5.32 Å². The number of hydrogen-bond donors (Lipinski definition) is 2. The lowest BCUT2D eigenvalue weighted by Crippen LogP contribution is -2.33. The van der Waals surface area contributed by atoms with Crippen LogP contribution in [0.2, 0.25) is 0 Å². The molecule has 0 aromatic carbocycles. The molecule has 14 heavy (non-hydrogen) atoms. The van der Waals surface area contributed by atoms with Crippen LogP contribution in [0.3, 0.4) is 0 Å². The van der Waals surface area contributed by atoms with Crippen molar-refractivity contribution in [2.75, 3.05) is 20.1 Å². The summed E-state index contributed by atoms with van der Waals surface area (Å²) in [7, 11) is 2.17. The molecule has 2 atom stereocenters. The van der Waals surface area contributed by atoms with Crippen LogP contribution in [0.25, 0.3) is 0 Å². The molecule has 0 spiro atoms. The number of nitrogens with zero attached hydrogens (tertiary/aromatic N) is 2. The Bertz CT molecular complexity index is 270. The van der Waals surface area contributed by atoms with E-state index in [1.807, 2.05) is 6.07 Å².